The predicted octanol–water partition coefficient (Wildman–Crippen LogP) is 2.72. The van der Waals surface area contributed by atoms with E-state index >= 15 is 0 Å². The summed E-state index contributed by atoms with van der Waals surface area (Å²) in [4.78, 5) is 11.3. The number of hydrogen-bond acceptors (Lipinski definition) is 1. The van der Waals surface area contributed by atoms with Crippen molar-refractivity contribution in [3.63, 3.8) is 0 Å². The van der Waals surface area contributed by atoms with Gasteiger partial charge in [-0.25, -0.2) is 4.48 Å². The van der Waals surface area contributed by atoms with Crippen LogP contribution in [0.15, 0.2) is 30.3 Å². The molecule has 0 heterocycles. The summed E-state index contributed by atoms with van der Waals surface area (Å²) in [6.45, 7) is 5.62. The molecular weight excluding hydrogens is 190 g/mol. The molecular formula is C12H18NO2+. The first-order chi connectivity index (χ1) is 7.14. The third-order valence-electron chi connectivity index (χ3n) is 2.94. The van der Waals surface area contributed by atoms with Gasteiger partial charge in [-0.05, 0) is 13.8 Å². The van der Waals surface area contributed by atoms with Crippen molar-refractivity contribution in [2.45, 2.75) is 20.4 Å². The molecule has 1 aromatic carbocycles. The summed E-state index contributed by atoms with van der Waals surface area (Å²) >= 11 is 0. The van der Waals surface area contributed by atoms with Crippen molar-refractivity contribution < 1.29 is 14.4 Å². The lowest BCUT2D eigenvalue weighted by atomic mass is 10.2. The van der Waals surface area contributed by atoms with E-state index < -0.39 is 6.09 Å². The summed E-state index contributed by atoms with van der Waals surface area (Å²) < 4.78 is 0.101. The van der Waals surface area contributed by atoms with Crippen molar-refractivity contribution in [1.82, 2.24) is 0 Å². The summed E-state index contributed by atoms with van der Waals surface area (Å²) in [7, 11) is 0. The number of carboxylic acid groups (broad SMARTS) is 1. The number of amides is 1. The van der Waals surface area contributed by atoms with Gasteiger partial charge in [-0.1, -0.05) is 30.3 Å². The average Bonchev–Trinajstić information content (AvgIpc) is 2.27. The van der Waals surface area contributed by atoms with Gasteiger partial charge in [-0.3, -0.25) is 0 Å². The molecule has 0 saturated carbocycles. The van der Waals surface area contributed by atoms with Crippen LogP contribution in [0, 0.1) is 0 Å². The minimum absolute atomic E-state index is 0.101. The SMILES string of the molecule is CC[N+](CC)(Cc1ccccc1)C(=O)O. The maximum atomic E-state index is 11.3. The smallest absolute Gasteiger partial charge is 0.435 e. The zero-order valence-corrected chi connectivity index (χ0v) is 9.31. The second kappa shape index (κ2) is 4.94. The molecule has 0 radical (unpaired) electrons. The van der Waals surface area contributed by atoms with Gasteiger partial charge in [0.25, 0.3) is 0 Å². The normalized spacial score (nSPS) is 11.3. The second-order valence-corrected chi connectivity index (χ2v) is 3.70. The molecule has 0 fully saturated rings. The molecule has 0 aliphatic heterocycles. The predicted molar refractivity (Wildman–Crippen MR) is 59.5 cm³/mol. The molecule has 1 rings (SSSR count). The molecule has 0 unspecified atom stereocenters. The van der Waals surface area contributed by atoms with E-state index in [0.29, 0.717) is 19.6 Å². The van der Waals surface area contributed by atoms with Crippen molar-refractivity contribution >= 4 is 6.09 Å². The van der Waals surface area contributed by atoms with Gasteiger partial charge in [0.05, 0.1) is 13.1 Å². The molecule has 0 aliphatic rings. The Morgan fingerprint density at radius 2 is 1.73 bits per heavy atom. The van der Waals surface area contributed by atoms with Gasteiger partial charge >= 0.3 is 6.09 Å². The van der Waals surface area contributed by atoms with Crippen molar-refractivity contribution in [1.29, 1.82) is 0 Å². The van der Waals surface area contributed by atoms with Crippen LogP contribution >= 0.6 is 0 Å². The zero-order chi connectivity index (χ0) is 11.3. The first kappa shape index (κ1) is 11.7. The van der Waals surface area contributed by atoms with Crippen molar-refractivity contribution in [3.05, 3.63) is 35.9 Å². The van der Waals surface area contributed by atoms with E-state index in [9.17, 15) is 9.90 Å². The number of benzene rings is 1. The highest BCUT2D eigenvalue weighted by Gasteiger charge is 2.33. The van der Waals surface area contributed by atoms with Gasteiger partial charge in [-0.2, -0.15) is 4.79 Å². The Morgan fingerprint density at radius 1 is 1.20 bits per heavy atom. The van der Waals surface area contributed by atoms with Crippen LogP contribution in [-0.4, -0.2) is 28.8 Å². The third kappa shape index (κ3) is 2.57. The number of quaternary nitrogens is 1. The standard InChI is InChI=1S/C12H17NO2/c1-3-13(4-2,12(14)15)10-11-8-6-5-7-9-11/h5-9H,3-4,10H2,1-2H3/p+1. The fourth-order valence-electron chi connectivity index (χ4n) is 1.72. The number of hydrogen-bond donors (Lipinski definition) is 1. The number of rotatable bonds is 4. The monoisotopic (exact) mass is 208 g/mol. The Balaban J connectivity index is 2.89. The van der Waals surface area contributed by atoms with Gasteiger partial charge < -0.3 is 5.11 Å². The van der Waals surface area contributed by atoms with Crippen LogP contribution in [0.4, 0.5) is 4.79 Å². The van der Waals surface area contributed by atoms with E-state index in [4.69, 9.17) is 0 Å². The molecule has 1 aromatic rings. The lowest BCUT2D eigenvalue weighted by molar-refractivity contribution is -0.867. The van der Waals surface area contributed by atoms with Crippen LogP contribution in [0.3, 0.4) is 0 Å². The highest BCUT2D eigenvalue weighted by atomic mass is 16.4. The summed E-state index contributed by atoms with van der Waals surface area (Å²) in [5.41, 5.74) is 1.07. The van der Waals surface area contributed by atoms with Crippen LogP contribution in [0.1, 0.15) is 19.4 Å². The Hall–Kier alpha value is -1.35. The minimum Gasteiger partial charge on any atom is -0.435 e. The maximum absolute atomic E-state index is 11.3. The quantitative estimate of drug-likeness (QED) is 0.772. The van der Waals surface area contributed by atoms with Crippen LogP contribution in [-0.2, 0) is 6.54 Å². The average molecular weight is 208 g/mol. The maximum Gasteiger partial charge on any atom is 0.513 e. The van der Waals surface area contributed by atoms with E-state index in [-0.39, 0.29) is 4.48 Å². The van der Waals surface area contributed by atoms with Gasteiger partial charge in [0, 0.05) is 5.56 Å². The fraction of sp³-hybridized carbons (Fsp3) is 0.417. The molecule has 15 heavy (non-hydrogen) atoms. The first-order valence-electron chi connectivity index (χ1n) is 5.28. The second-order valence-electron chi connectivity index (χ2n) is 3.70. The van der Waals surface area contributed by atoms with Gasteiger partial charge in [0.2, 0.25) is 0 Å². The Kier molecular flexibility index (Phi) is 3.86. The van der Waals surface area contributed by atoms with E-state index in [1.54, 1.807) is 0 Å². The van der Waals surface area contributed by atoms with Crippen molar-refractivity contribution in [2.75, 3.05) is 13.1 Å². The zero-order valence-electron chi connectivity index (χ0n) is 9.31. The Morgan fingerprint density at radius 3 is 2.13 bits per heavy atom. The van der Waals surface area contributed by atoms with Crippen molar-refractivity contribution in [3.8, 4) is 0 Å². The van der Waals surface area contributed by atoms with Crippen molar-refractivity contribution in [2.24, 2.45) is 0 Å². The van der Waals surface area contributed by atoms with E-state index in [2.05, 4.69) is 0 Å². The molecule has 1 N–H and O–H groups in total. The Bertz CT molecular complexity index is 318. The lowest BCUT2D eigenvalue weighted by Crippen LogP contribution is -2.50. The topological polar surface area (TPSA) is 37.3 Å². The fourth-order valence-corrected chi connectivity index (χ4v) is 1.72. The first-order valence-corrected chi connectivity index (χ1v) is 5.28. The minimum atomic E-state index is -0.746. The number of carbonyl (C=O) groups is 1. The molecule has 0 atom stereocenters. The molecule has 0 aliphatic carbocycles. The summed E-state index contributed by atoms with van der Waals surface area (Å²) in [6.07, 6.45) is -0.746. The van der Waals surface area contributed by atoms with E-state index in [1.165, 1.54) is 0 Å². The molecule has 0 bridgehead atoms. The van der Waals surface area contributed by atoms with Crippen LogP contribution < -0.4 is 0 Å². The van der Waals surface area contributed by atoms with Gasteiger partial charge in [-0.15, -0.1) is 0 Å². The van der Waals surface area contributed by atoms with Crippen LogP contribution in [0.25, 0.3) is 0 Å². The Labute approximate surface area is 90.5 Å². The third-order valence-corrected chi connectivity index (χ3v) is 2.94. The molecule has 1 amide bonds. The molecule has 3 heteroatoms. The largest absolute Gasteiger partial charge is 0.513 e. The van der Waals surface area contributed by atoms with Crippen LogP contribution in [0.2, 0.25) is 0 Å². The summed E-state index contributed by atoms with van der Waals surface area (Å²) in [6, 6.07) is 9.77. The molecule has 3 nitrogen and oxygen atoms in total. The summed E-state index contributed by atoms with van der Waals surface area (Å²) in [5, 5.41) is 9.26. The summed E-state index contributed by atoms with van der Waals surface area (Å²) in [5.74, 6) is 0. The molecule has 82 valence electrons. The molecule has 0 spiro atoms. The van der Waals surface area contributed by atoms with E-state index in [1.807, 2.05) is 44.2 Å². The molecule has 0 saturated heterocycles. The van der Waals surface area contributed by atoms with Gasteiger partial charge in [0.1, 0.15) is 6.54 Å². The van der Waals surface area contributed by atoms with Gasteiger partial charge in [0.15, 0.2) is 0 Å². The number of nitrogens with zero attached hydrogens (tertiary/aromatic N) is 1. The van der Waals surface area contributed by atoms with E-state index in [0.717, 1.165) is 5.56 Å². The lowest BCUT2D eigenvalue weighted by Gasteiger charge is -2.30. The van der Waals surface area contributed by atoms with Crippen LogP contribution in [0.5, 0.6) is 0 Å². The molecule has 0 aromatic heterocycles. The highest BCUT2D eigenvalue weighted by molar-refractivity contribution is 5.56. The highest BCUT2D eigenvalue weighted by Crippen LogP contribution is 2.14.